The van der Waals surface area contributed by atoms with Gasteiger partial charge in [0.1, 0.15) is 36.7 Å². The number of nitrogens with one attached hydrogen (secondary N) is 3. The molecular weight excluding hydrogens is 699 g/mol. The van der Waals surface area contributed by atoms with E-state index in [-0.39, 0.29) is 42.4 Å². The molecule has 22 heteroatoms. The van der Waals surface area contributed by atoms with Crippen molar-refractivity contribution in [2.24, 2.45) is 0 Å². The molecule has 0 spiro atoms. The van der Waals surface area contributed by atoms with E-state index in [0.29, 0.717) is 17.1 Å². The largest absolute Gasteiger partial charge is 0.454 e. The first-order valence-corrected chi connectivity index (χ1v) is 17.3. The van der Waals surface area contributed by atoms with Gasteiger partial charge in [-0.3, -0.25) is 37.7 Å². The smallest absolute Gasteiger partial charge is 0.406 e. The number of H-pyrrole nitrogens is 2. The van der Waals surface area contributed by atoms with Gasteiger partial charge in [-0.25, -0.2) is 19.4 Å². The molecule has 2 saturated heterocycles. The Hall–Kier alpha value is -4.44. The van der Waals surface area contributed by atoms with Crippen molar-refractivity contribution in [2.75, 3.05) is 32.9 Å². The van der Waals surface area contributed by atoms with Gasteiger partial charge in [0.05, 0.1) is 19.5 Å². The maximum absolute atomic E-state index is 14.6. The van der Waals surface area contributed by atoms with Crippen LogP contribution >= 0.6 is 7.75 Å². The Labute approximate surface area is 286 Å². The number of aromatic amines is 2. The van der Waals surface area contributed by atoms with Gasteiger partial charge in [-0.1, -0.05) is 12.1 Å². The monoisotopic (exact) mass is 734 g/mol. The number of nitrogen functional groups attached to an aromatic ring is 1. The zero-order valence-corrected chi connectivity index (χ0v) is 28.1. The number of ether oxygens (including phenoxy) is 5. The number of nitrogens with two attached hydrogens (primary N) is 1. The number of para-hydroxylation sites is 1. The second-order valence-corrected chi connectivity index (χ2v) is 13.8. The van der Waals surface area contributed by atoms with Crippen LogP contribution in [0.1, 0.15) is 30.0 Å². The number of imidazole rings is 1. The molecule has 3 aliphatic heterocycles. The van der Waals surface area contributed by atoms with Gasteiger partial charge in [-0.2, -0.15) is 4.98 Å². The van der Waals surface area contributed by atoms with Gasteiger partial charge >= 0.3 is 13.4 Å². The minimum atomic E-state index is -4.40. The third-order valence-electron chi connectivity index (χ3n) is 8.75. The molecule has 21 nitrogen and oxygen atoms in total. The average Bonchev–Trinajstić information content (AvgIpc) is 3.90. The first kappa shape index (κ1) is 35.0. The summed E-state index contributed by atoms with van der Waals surface area (Å²) in [5, 5.41) is 24.2. The lowest BCUT2D eigenvalue weighted by Crippen LogP contribution is -2.39. The predicted molar refractivity (Wildman–Crippen MR) is 173 cm³/mol. The van der Waals surface area contributed by atoms with Crippen molar-refractivity contribution >= 4 is 24.9 Å². The summed E-state index contributed by atoms with van der Waals surface area (Å²) >= 11 is 0. The molecule has 0 saturated carbocycles. The number of benzene rings is 1. The van der Waals surface area contributed by atoms with E-state index >= 15 is 0 Å². The summed E-state index contributed by atoms with van der Waals surface area (Å²) in [5.74, 6) is 0.785. The third kappa shape index (κ3) is 6.70. The van der Waals surface area contributed by atoms with E-state index in [0.717, 1.165) is 4.57 Å². The van der Waals surface area contributed by atoms with Crippen LogP contribution in [0.15, 0.2) is 45.1 Å². The van der Waals surface area contributed by atoms with Crippen LogP contribution in [0.5, 0.6) is 11.5 Å². The number of hydrogen-bond donors (Lipinski definition) is 6. The molecule has 1 aromatic carbocycles. The maximum atomic E-state index is 14.6. The fourth-order valence-electron chi connectivity index (χ4n) is 6.18. The third-order valence-corrected chi connectivity index (χ3v) is 10.3. The molecule has 51 heavy (non-hydrogen) atoms. The van der Waals surface area contributed by atoms with Crippen LogP contribution in [-0.2, 0) is 34.4 Å². The van der Waals surface area contributed by atoms with Crippen LogP contribution in [0.3, 0.4) is 0 Å². The quantitative estimate of drug-likeness (QED) is 0.0966. The van der Waals surface area contributed by atoms with E-state index in [9.17, 15) is 29.2 Å². The highest BCUT2D eigenvalue weighted by molar-refractivity contribution is 7.51. The summed E-state index contributed by atoms with van der Waals surface area (Å²) in [4.78, 5) is 49.8. The molecule has 0 bridgehead atoms. The van der Waals surface area contributed by atoms with E-state index in [4.69, 9.17) is 38.5 Å². The van der Waals surface area contributed by atoms with Gasteiger partial charge in [-0.15, -0.1) is 0 Å². The Morgan fingerprint density at radius 1 is 1.14 bits per heavy atom. The van der Waals surface area contributed by atoms with Gasteiger partial charge in [0, 0.05) is 37.4 Å². The number of hydrogen-bond acceptors (Lipinski definition) is 16. The molecule has 274 valence electrons. The number of fused-ring (bicyclic) bond motifs is 2. The number of aliphatic hydroxyl groups excluding tert-OH is 2. The number of methoxy groups -OCH3 is 1. The van der Waals surface area contributed by atoms with Gasteiger partial charge in [-0.05, 0) is 13.0 Å². The second kappa shape index (κ2) is 13.9. The van der Waals surface area contributed by atoms with E-state index in [1.165, 1.54) is 31.1 Å². The number of nitrogens with zero attached hydrogens (tertiary/aromatic N) is 4. The highest BCUT2D eigenvalue weighted by atomic mass is 31.2. The molecule has 0 aliphatic carbocycles. The summed E-state index contributed by atoms with van der Waals surface area (Å²) in [6, 6.07) is 5.17. The van der Waals surface area contributed by atoms with Crippen molar-refractivity contribution in [1.29, 1.82) is 0 Å². The minimum absolute atomic E-state index is 0.00193. The number of rotatable bonds is 12. The van der Waals surface area contributed by atoms with Crippen molar-refractivity contribution in [1.82, 2.24) is 34.2 Å². The SMILES string of the molecule is CO[C@H]1C(O)[C@@H](COP(=O)(NCc2cccc3c2OCO3)OC2C[C@H](n3cnc4c(=O)[nH]c(N)nc43)O[C@@H]2CO)O[C@H]1n1cc(C)c(=O)[nH]c1=O. The van der Waals surface area contributed by atoms with Gasteiger partial charge in [0.2, 0.25) is 12.7 Å². The fraction of sp³-hybridized carbons (Fsp3) is 0.483. The number of aliphatic hydroxyl groups is 2. The number of anilines is 1. The lowest BCUT2D eigenvalue weighted by atomic mass is 10.1. The van der Waals surface area contributed by atoms with Crippen molar-refractivity contribution in [3.05, 3.63) is 73.0 Å². The summed E-state index contributed by atoms with van der Waals surface area (Å²) in [6.07, 6.45) is -5.15. The zero-order valence-electron chi connectivity index (χ0n) is 27.2. The first-order valence-electron chi connectivity index (χ1n) is 15.7. The summed E-state index contributed by atoms with van der Waals surface area (Å²) in [7, 11) is -3.09. The first-order chi connectivity index (χ1) is 24.5. The van der Waals surface area contributed by atoms with Crippen molar-refractivity contribution in [2.45, 2.75) is 62.9 Å². The van der Waals surface area contributed by atoms with Gasteiger partial charge in [0.15, 0.2) is 28.9 Å². The van der Waals surface area contributed by atoms with E-state index in [2.05, 4.69) is 25.0 Å². The molecule has 3 aliphatic rings. The Balaban J connectivity index is 1.14. The van der Waals surface area contributed by atoms with Crippen LogP contribution in [0, 0.1) is 6.92 Å². The predicted octanol–water partition coefficient (Wildman–Crippen LogP) is -0.858. The lowest BCUT2D eigenvalue weighted by molar-refractivity contribution is -0.0635. The van der Waals surface area contributed by atoms with Crippen molar-refractivity contribution in [3.63, 3.8) is 0 Å². The molecular formula is C29H35N8O13P. The molecule has 4 aromatic rings. The van der Waals surface area contributed by atoms with E-state index < -0.39 is 80.7 Å². The molecule has 8 atom stereocenters. The second-order valence-electron chi connectivity index (χ2n) is 12.0. The molecule has 3 aromatic heterocycles. The molecule has 0 amide bonds. The number of aryl methyl sites for hydroxylation is 1. The highest BCUT2D eigenvalue weighted by Gasteiger charge is 2.48. The maximum Gasteiger partial charge on any atom is 0.406 e. The van der Waals surface area contributed by atoms with Crippen molar-refractivity contribution in [3.8, 4) is 11.5 Å². The fourth-order valence-corrected chi connectivity index (χ4v) is 7.70. The Kier molecular flexibility index (Phi) is 9.56. The summed E-state index contributed by atoms with van der Waals surface area (Å²) in [6.45, 7) is 0.341. The van der Waals surface area contributed by atoms with Crippen LogP contribution < -0.4 is 37.1 Å². The molecule has 0 radical (unpaired) electrons. The topological polar surface area (TPSA) is 279 Å². The molecule has 6 heterocycles. The summed E-state index contributed by atoms with van der Waals surface area (Å²) < 4.78 is 57.6. The lowest BCUT2D eigenvalue weighted by Gasteiger charge is -2.26. The standard InChI is InChI=1S/C29H35N8O13P/c1-13-8-36(29(42)35-25(13)40)27-23(44-2)21(39)18(49-27)10-47-51(43,32-7-14-4-3-5-15-22(14)46-12-45-15)50-16-6-19(48-17(16)9-38)37-11-31-20-24(37)33-28(30)34-26(20)41/h3-5,8,11,16-19,21,23,27,38-39H,6-7,9-10,12H2,1-2H3,(H,32,43)(H,35,40,42)(H3,30,33,34,41)/t16?,17-,18-,19-,21?,23+,27-,51?/m1/s1. The molecule has 7 N–H and O–H groups in total. The number of aromatic nitrogens is 6. The van der Waals surface area contributed by atoms with Crippen LogP contribution in [0.25, 0.3) is 11.2 Å². The van der Waals surface area contributed by atoms with E-state index in [1.807, 2.05) is 0 Å². The van der Waals surface area contributed by atoms with Gasteiger partial charge < -0.3 is 39.6 Å². The Morgan fingerprint density at radius 2 is 1.96 bits per heavy atom. The highest BCUT2D eigenvalue weighted by Crippen LogP contribution is 2.50. The Morgan fingerprint density at radius 3 is 2.75 bits per heavy atom. The summed E-state index contributed by atoms with van der Waals surface area (Å²) in [5.41, 5.74) is 4.75. The average molecular weight is 735 g/mol. The van der Waals surface area contributed by atoms with Crippen LogP contribution in [0.4, 0.5) is 5.95 Å². The van der Waals surface area contributed by atoms with Crippen LogP contribution in [0.2, 0.25) is 0 Å². The minimum Gasteiger partial charge on any atom is -0.454 e. The molecule has 3 unspecified atom stereocenters. The zero-order chi connectivity index (χ0) is 36.0. The molecule has 2 fully saturated rings. The van der Waals surface area contributed by atoms with E-state index in [1.54, 1.807) is 18.2 Å². The van der Waals surface area contributed by atoms with Crippen LogP contribution in [-0.4, -0.2) is 96.9 Å². The van der Waals surface area contributed by atoms with Crippen molar-refractivity contribution < 1.29 is 47.5 Å². The molecule has 7 rings (SSSR count). The Bertz CT molecular complexity index is 2150. The normalized spacial score (nSPS) is 26.9. The van der Waals surface area contributed by atoms with Gasteiger partial charge in [0.25, 0.3) is 11.1 Å².